The molecule has 3 aromatic rings. The minimum atomic E-state index is 1.07. The van der Waals surface area contributed by atoms with Gasteiger partial charge in [0, 0.05) is 18.3 Å². The Balaban J connectivity index is 1.84. The van der Waals surface area contributed by atoms with Crippen molar-refractivity contribution in [1.82, 2.24) is 19.7 Å². The van der Waals surface area contributed by atoms with Crippen LogP contribution in [0.15, 0.2) is 30.7 Å². The van der Waals surface area contributed by atoms with Gasteiger partial charge in [-0.25, -0.2) is 4.98 Å². The number of nitrogens with one attached hydrogen (secondary N) is 1. The maximum absolute atomic E-state index is 4.57. The minimum absolute atomic E-state index is 1.07. The third-order valence-corrected chi connectivity index (χ3v) is 4.99. The lowest BCUT2D eigenvalue weighted by Gasteiger charge is -2.20. The molecule has 0 atom stereocenters. The summed E-state index contributed by atoms with van der Waals surface area (Å²) in [4.78, 5) is 7.31. The van der Waals surface area contributed by atoms with Gasteiger partial charge in [-0.05, 0) is 67.5 Å². The van der Waals surface area contributed by atoms with Crippen molar-refractivity contribution in [2.24, 2.45) is 7.05 Å². The molecule has 2 aromatic heterocycles. The highest BCUT2D eigenvalue weighted by molar-refractivity contribution is 5.85. The van der Waals surface area contributed by atoms with Crippen LogP contribution < -0.4 is 0 Å². The van der Waals surface area contributed by atoms with E-state index in [1.54, 1.807) is 6.33 Å². The minimum Gasteiger partial charge on any atom is -0.345 e. The summed E-state index contributed by atoms with van der Waals surface area (Å²) in [6.07, 6.45) is 9.31. The number of hydrogen-bond donors (Lipinski definition) is 1. The topological polar surface area (TPSA) is 46.5 Å². The normalized spacial score (nSPS) is 15.7. The van der Waals surface area contributed by atoms with E-state index < -0.39 is 0 Å². The molecule has 0 bridgehead atoms. The number of fused-ring (bicyclic) bond motifs is 1. The Morgan fingerprint density at radius 2 is 2.08 bits per heavy atom. The molecule has 0 spiro atoms. The lowest BCUT2D eigenvalue weighted by Crippen LogP contribution is -2.02. The molecule has 122 valence electrons. The van der Waals surface area contributed by atoms with E-state index in [0.717, 1.165) is 24.2 Å². The first-order valence-electron chi connectivity index (χ1n) is 8.46. The number of hydrogen-bond acceptors (Lipinski definition) is 2. The van der Waals surface area contributed by atoms with Crippen LogP contribution in [0.2, 0.25) is 0 Å². The van der Waals surface area contributed by atoms with Crippen molar-refractivity contribution in [3.63, 3.8) is 0 Å². The van der Waals surface area contributed by atoms with Crippen molar-refractivity contribution in [3.8, 4) is 11.1 Å². The second kappa shape index (κ2) is 5.78. The zero-order chi connectivity index (χ0) is 16.7. The van der Waals surface area contributed by atoms with Crippen molar-refractivity contribution in [2.45, 2.75) is 33.1 Å². The standard InChI is InChI=1S/C20H22N4/c1-13-20(14(2)24(3)23-13)17-8-7-15-5-4-6-16(19(15)10-17)9-18-11-21-12-22-18/h7-12H,4-6H2,1-3H3,(H,21,22). The molecule has 0 saturated heterocycles. The first-order chi connectivity index (χ1) is 11.6. The van der Waals surface area contributed by atoms with E-state index in [-0.39, 0.29) is 0 Å². The number of aromatic amines is 1. The zero-order valence-electron chi connectivity index (χ0n) is 14.4. The number of rotatable bonds is 2. The molecule has 24 heavy (non-hydrogen) atoms. The molecule has 0 saturated carbocycles. The second-order valence-corrected chi connectivity index (χ2v) is 6.57. The van der Waals surface area contributed by atoms with Gasteiger partial charge in [-0.2, -0.15) is 5.10 Å². The first-order valence-corrected chi connectivity index (χ1v) is 8.46. The molecule has 0 fully saturated rings. The predicted molar refractivity (Wildman–Crippen MR) is 97.5 cm³/mol. The van der Waals surface area contributed by atoms with Crippen molar-refractivity contribution in [3.05, 3.63) is 58.9 Å². The van der Waals surface area contributed by atoms with Gasteiger partial charge < -0.3 is 4.98 Å². The van der Waals surface area contributed by atoms with Crippen LogP contribution >= 0.6 is 0 Å². The van der Waals surface area contributed by atoms with Gasteiger partial charge in [0.1, 0.15) is 0 Å². The maximum atomic E-state index is 4.57. The Labute approximate surface area is 142 Å². The fourth-order valence-electron chi connectivity index (χ4n) is 3.73. The van der Waals surface area contributed by atoms with E-state index >= 15 is 0 Å². The molecule has 4 heteroatoms. The van der Waals surface area contributed by atoms with Crippen LogP contribution in [-0.2, 0) is 13.5 Å². The van der Waals surface area contributed by atoms with E-state index in [4.69, 9.17) is 0 Å². The Morgan fingerprint density at radius 1 is 1.21 bits per heavy atom. The van der Waals surface area contributed by atoms with Crippen LogP contribution in [0.3, 0.4) is 0 Å². The highest BCUT2D eigenvalue weighted by Crippen LogP contribution is 2.36. The monoisotopic (exact) mass is 318 g/mol. The van der Waals surface area contributed by atoms with Crippen LogP contribution in [0.25, 0.3) is 22.8 Å². The van der Waals surface area contributed by atoms with Gasteiger partial charge in [0.15, 0.2) is 0 Å². The van der Waals surface area contributed by atoms with Gasteiger partial charge >= 0.3 is 0 Å². The van der Waals surface area contributed by atoms with Gasteiger partial charge in [-0.15, -0.1) is 0 Å². The number of aromatic nitrogens is 4. The number of imidazole rings is 1. The molecule has 1 aliphatic rings. The van der Waals surface area contributed by atoms with Crippen molar-refractivity contribution in [2.75, 3.05) is 0 Å². The highest BCUT2D eigenvalue weighted by atomic mass is 15.3. The molecule has 1 aromatic carbocycles. The van der Waals surface area contributed by atoms with Crippen LogP contribution in [0.1, 0.15) is 41.1 Å². The number of aryl methyl sites for hydroxylation is 3. The molecule has 0 aliphatic heterocycles. The first kappa shape index (κ1) is 14.9. The van der Waals surface area contributed by atoms with Crippen LogP contribution in [0, 0.1) is 13.8 Å². The number of allylic oxidation sites excluding steroid dienone is 1. The molecule has 1 N–H and O–H groups in total. The molecule has 0 unspecified atom stereocenters. The highest BCUT2D eigenvalue weighted by Gasteiger charge is 2.18. The number of nitrogens with zero attached hydrogens (tertiary/aromatic N) is 3. The largest absolute Gasteiger partial charge is 0.345 e. The van der Waals surface area contributed by atoms with Crippen LogP contribution in [-0.4, -0.2) is 19.7 Å². The molecule has 4 nitrogen and oxygen atoms in total. The zero-order valence-corrected chi connectivity index (χ0v) is 14.4. The quantitative estimate of drug-likeness (QED) is 0.765. The average Bonchev–Trinajstić information content (AvgIpc) is 3.16. The predicted octanol–water partition coefficient (Wildman–Crippen LogP) is 4.30. The molecular weight excluding hydrogens is 296 g/mol. The van der Waals surface area contributed by atoms with Gasteiger partial charge in [0.25, 0.3) is 0 Å². The van der Waals surface area contributed by atoms with Gasteiger partial charge in [-0.3, -0.25) is 4.68 Å². The lowest BCUT2D eigenvalue weighted by atomic mass is 9.84. The molecule has 1 aliphatic carbocycles. The van der Waals surface area contributed by atoms with Crippen molar-refractivity contribution in [1.29, 1.82) is 0 Å². The van der Waals surface area contributed by atoms with E-state index in [1.165, 1.54) is 39.9 Å². The smallest absolute Gasteiger partial charge is 0.0924 e. The number of benzene rings is 1. The third kappa shape index (κ3) is 2.48. The molecule has 2 heterocycles. The molecule has 0 radical (unpaired) electrons. The lowest BCUT2D eigenvalue weighted by molar-refractivity contribution is 0.731. The SMILES string of the molecule is Cc1nn(C)c(C)c1-c1ccc2c(c1)C(=Cc1cnc[nH]1)CCC2. The fraction of sp³-hybridized carbons (Fsp3) is 0.300. The Kier molecular flexibility index (Phi) is 3.60. The fourth-order valence-corrected chi connectivity index (χ4v) is 3.73. The summed E-state index contributed by atoms with van der Waals surface area (Å²) in [7, 11) is 2.01. The Hall–Kier alpha value is -2.62. The summed E-state index contributed by atoms with van der Waals surface area (Å²) >= 11 is 0. The maximum Gasteiger partial charge on any atom is 0.0924 e. The van der Waals surface area contributed by atoms with E-state index in [0.29, 0.717) is 0 Å². The summed E-state index contributed by atoms with van der Waals surface area (Å²) in [5.74, 6) is 0. The summed E-state index contributed by atoms with van der Waals surface area (Å²) < 4.78 is 1.96. The van der Waals surface area contributed by atoms with E-state index in [1.807, 2.05) is 17.9 Å². The van der Waals surface area contributed by atoms with Crippen molar-refractivity contribution >= 4 is 11.6 Å². The molecule has 4 rings (SSSR count). The summed E-state index contributed by atoms with van der Waals surface area (Å²) in [6.45, 7) is 4.22. The van der Waals surface area contributed by atoms with E-state index in [2.05, 4.69) is 53.2 Å². The summed E-state index contributed by atoms with van der Waals surface area (Å²) in [6, 6.07) is 6.87. The molecule has 0 amide bonds. The summed E-state index contributed by atoms with van der Waals surface area (Å²) in [5, 5.41) is 4.57. The van der Waals surface area contributed by atoms with E-state index in [9.17, 15) is 0 Å². The van der Waals surface area contributed by atoms with Gasteiger partial charge in [-0.1, -0.05) is 12.1 Å². The van der Waals surface area contributed by atoms with Gasteiger partial charge in [0.05, 0.1) is 23.9 Å². The van der Waals surface area contributed by atoms with Gasteiger partial charge in [0.2, 0.25) is 0 Å². The van der Waals surface area contributed by atoms with Crippen molar-refractivity contribution < 1.29 is 0 Å². The Morgan fingerprint density at radius 3 is 2.79 bits per heavy atom. The summed E-state index contributed by atoms with van der Waals surface area (Å²) in [5.41, 5.74) is 10.1. The second-order valence-electron chi connectivity index (χ2n) is 6.57. The average molecular weight is 318 g/mol. The van der Waals surface area contributed by atoms with Crippen LogP contribution in [0.4, 0.5) is 0 Å². The van der Waals surface area contributed by atoms with Crippen LogP contribution in [0.5, 0.6) is 0 Å². The Bertz CT molecular complexity index is 914. The third-order valence-electron chi connectivity index (χ3n) is 4.99. The number of H-pyrrole nitrogens is 1. The molecular formula is C20H22N4.